The molecule has 0 radical (unpaired) electrons. The predicted molar refractivity (Wildman–Crippen MR) is 113 cm³/mol. The number of piperidine rings is 1. The Morgan fingerprint density at radius 2 is 1.79 bits per heavy atom. The molecule has 1 aliphatic rings. The fourth-order valence-corrected chi connectivity index (χ4v) is 3.98. The van der Waals surface area contributed by atoms with Crippen molar-refractivity contribution in [1.29, 1.82) is 0 Å². The number of imidazole rings is 1. The van der Waals surface area contributed by atoms with Gasteiger partial charge in [0.05, 0.1) is 5.69 Å². The average Bonchev–Trinajstić information content (AvgIpc) is 3.09. The highest BCUT2D eigenvalue weighted by molar-refractivity contribution is 5.85. The largest absolute Gasteiger partial charge is 0.317 e. The SMILES string of the molecule is Cc1cn2cc(-c3cc(F)c4nc(C5CCNCC5)nnc4c3)cc(C)c2n1.Cl. The minimum Gasteiger partial charge on any atom is -0.317 e. The molecule has 0 saturated carbocycles. The number of hydrogen-bond acceptors (Lipinski definition) is 5. The molecule has 1 aliphatic heterocycles. The Balaban J connectivity index is 0.00000205. The Kier molecular flexibility index (Phi) is 5.19. The second-order valence-corrected chi connectivity index (χ2v) is 7.55. The first kappa shape index (κ1) is 19.7. The number of nitrogens with zero attached hydrogens (tertiary/aromatic N) is 5. The van der Waals surface area contributed by atoms with Crippen LogP contribution in [0.4, 0.5) is 4.39 Å². The van der Waals surface area contributed by atoms with Gasteiger partial charge >= 0.3 is 0 Å². The zero-order valence-electron chi connectivity index (χ0n) is 16.3. The summed E-state index contributed by atoms with van der Waals surface area (Å²) < 4.78 is 16.9. The third-order valence-corrected chi connectivity index (χ3v) is 5.42. The van der Waals surface area contributed by atoms with Crippen molar-refractivity contribution in [3.8, 4) is 11.1 Å². The van der Waals surface area contributed by atoms with Gasteiger partial charge in [-0.15, -0.1) is 22.6 Å². The number of benzene rings is 1. The molecule has 5 rings (SSSR count). The fourth-order valence-electron chi connectivity index (χ4n) is 3.98. The summed E-state index contributed by atoms with van der Waals surface area (Å²) in [5.41, 5.74) is 5.34. The Labute approximate surface area is 174 Å². The summed E-state index contributed by atoms with van der Waals surface area (Å²) in [7, 11) is 0. The maximum absolute atomic E-state index is 14.9. The van der Waals surface area contributed by atoms with Gasteiger partial charge in [-0.1, -0.05) is 0 Å². The number of rotatable bonds is 2. The Morgan fingerprint density at radius 3 is 2.59 bits per heavy atom. The van der Waals surface area contributed by atoms with Crippen molar-refractivity contribution in [3.05, 3.63) is 53.5 Å². The van der Waals surface area contributed by atoms with Crippen LogP contribution < -0.4 is 5.32 Å². The lowest BCUT2D eigenvalue weighted by atomic mass is 9.97. The molecule has 0 amide bonds. The Bertz CT molecular complexity index is 1200. The van der Waals surface area contributed by atoms with Gasteiger partial charge in [-0.3, -0.25) is 0 Å². The molecule has 0 aliphatic carbocycles. The number of nitrogens with one attached hydrogen (secondary N) is 1. The molecular weight excluding hydrogens is 391 g/mol. The highest BCUT2D eigenvalue weighted by Gasteiger charge is 2.20. The zero-order valence-corrected chi connectivity index (χ0v) is 17.1. The molecule has 29 heavy (non-hydrogen) atoms. The van der Waals surface area contributed by atoms with Gasteiger partial charge in [0.2, 0.25) is 0 Å². The number of aromatic nitrogens is 5. The van der Waals surface area contributed by atoms with Gasteiger partial charge in [-0.25, -0.2) is 14.4 Å². The molecule has 4 aromatic rings. The van der Waals surface area contributed by atoms with Crippen LogP contribution in [0, 0.1) is 19.7 Å². The summed E-state index contributed by atoms with van der Waals surface area (Å²) in [6, 6.07) is 5.41. The first-order valence-corrected chi connectivity index (χ1v) is 9.59. The van der Waals surface area contributed by atoms with Crippen molar-refractivity contribution in [2.45, 2.75) is 32.6 Å². The van der Waals surface area contributed by atoms with Crippen LogP contribution >= 0.6 is 12.4 Å². The van der Waals surface area contributed by atoms with Crippen molar-refractivity contribution in [1.82, 2.24) is 29.9 Å². The molecule has 0 atom stereocenters. The molecule has 3 aromatic heterocycles. The van der Waals surface area contributed by atoms with Crippen LogP contribution in [0.5, 0.6) is 0 Å². The monoisotopic (exact) mass is 412 g/mol. The topological polar surface area (TPSA) is 68.0 Å². The summed E-state index contributed by atoms with van der Waals surface area (Å²) in [6.07, 6.45) is 5.84. The fraction of sp³-hybridized carbons (Fsp3) is 0.333. The predicted octanol–water partition coefficient (Wildman–Crippen LogP) is 3.98. The van der Waals surface area contributed by atoms with Gasteiger partial charge in [0.25, 0.3) is 0 Å². The minimum absolute atomic E-state index is 0. The van der Waals surface area contributed by atoms with Crippen LogP contribution in [-0.4, -0.2) is 37.7 Å². The number of fused-ring (bicyclic) bond motifs is 2. The van der Waals surface area contributed by atoms with Crippen molar-refractivity contribution >= 4 is 29.1 Å². The Morgan fingerprint density at radius 1 is 1.00 bits per heavy atom. The molecule has 0 unspecified atom stereocenters. The van der Waals surface area contributed by atoms with Crippen LogP contribution in [0.1, 0.15) is 35.8 Å². The number of hydrogen-bond donors (Lipinski definition) is 1. The van der Waals surface area contributed by atoms with E-state index in [1.165, 1.54) is 6.07 Å². The molecule has 1 aromatic carbocycles. The minimum atomic E-state index is -0.364. The average molecular weight is 413 g/mol. The molecule has 8 heteroatoms. The van der Waals surface area contributed by atoms with Crippen molar-refractivity contribution < 1.29 is 4.39 Å². The van der Waals surface area contributed by atoms with E-state index in [0.717, 1.165) is 54.0 Å². The molecular formula is C21H22ClFN6. The van der Waals surface area contributed by atoms with E-state index in [0.29, 0.717) is 16.9 Å². The highest BCUT2D eigenvalue weighted by Crippen LogP contribution is 2.28. The van der Waals surface area contributed by atoms with E-state index in [1.807, 2.05) is 42.8 Å². The lowest BCUT2D eigenvalue weighted by molar-refractivity contribution is 0.442. The van der Waals surface area contributed by atoms with Crippen molar-refractivity contribution in [2.75, 3.05) is 13.1 Å². The first-order valence-electron chi connectivity index (χ1n) is 9.59. The molecule has 1 fully saturated rings. The van der Waals surface area contributed by atoms with Crippen molar-refractivity contribution in [2.24, 2.45) is 0 Å². The molecule has 150 valence electrons. The van der Waals surface area contributed by atoms with Gasteiger partial charge in [0.1, 0.15) is 16.7 Å². The van der Waals surface area contributed by atoms with Crippen LogP contribution in [0.15, 0.2) is 30.6 Å². The van der Waals surface area contributed by atoms with E-state index in [2.05, 4.69) is 25.5 Å². The number of halogens is 2. The zero-order chi connectivity index (χ0) is 19.3. The third-order valence-electron chi connectivity index (χ3n) is 5.42. The maximum Gasteiger partial charge on any atom is 0.154 e. The summed E-state index contributed by atoms with van der Waals surface area (Å²) in [6.45, 7) is 5.84. The highest BCUT2D eigenvalue weighted by atomic mass is 35.5. The quantitative estimate of drug-likeness (QED) is 0.539. The Hall–Kier alpha value is -2.64. The molecule has 1 saturated heterocycles. The van der Waals surface area contributed by atoms with Gasteiger partial charge in [-0.2, -0.15) is 0 Å². The standard InChI is InChI=1S/C21H21FN6.ClH/c1-12-7-16(11-28-10-13(2)24-21(12)28)15-8-17(22)19-18(9-15)26-27-20(25-19)14-3-5-23-6-4-14;/h7-11,14,23H,3-6H2,1-2H3;1H. The first-order chi connectivity index (χ1) is 13.6. The van der Waals surface area contributed by atoms with E-state index in [-0.39, 0.29) is 24.1 Å². The van der Waals surface area contributed by atoms with Gasteiger partial charge in [-0.05, 0) is 74.7 Å². The smallest absolute Gasteiger partial charge is 0.154 e. The lowest BCUT2D eigenvalue weighted by Crippen LogP contribution is -2.27. The summed E-state index contributed by atoms with van der Waals surface area (Å²) in [5, 5.41) is 11.9. The second kappa shape index (κ2) is 7.65. The van der Waals surface area contributed by atoms with Crippen molar-refractivity contribution in [3.63, 3.8) is 0 Å². The summed E-state index contributed by atoms with van der Waals surface area (Å²) in [4.78, 5) is 9.03. The van der Waals surface area contributed by atoms with E-state index < -0.39 is 0 Å². The van der Waals surface area contributed by atoms with E-state index in [4.69, 9.17) is 0 Å². The van der Waals surface area contributed by atoms with Crippen LogP contribution in [0.25, 0.3) is 27.8 Å². The molecule has 0 spiro atoms. The molecule has 4 heterocycles. The van der Waals surface area contributed by atoms with Gasteiger partial charge < -0.3 is 9.72 Å². The van der Waals surface area contributed by atoms with Gasteiger partial charge in [0.15, 0.2) is 11.6 Å². The van der Waals surface area contributed by atoms with E-state index in [1.54, 1.807) is 0 Å². The second-order valence-electron chi connectivity index (χ2n) is 7.55. The van der Waals surface area contributed by atoms with E-state index in [9.17, 15) is 4.39 Å². The van der Waals surface area contributed by atoms with Crippen LogP contribution in [0.3, 0.4) is 0 Å². The molecule has 0 bridgehead atoms. The number of aryl methyl sites for hydroxylation is 2. The summed E-state index contributed by atoms with van der Waals surface area (Å²) in [5.74, 6) is 0.524. The maximum atomic E-state index is 14.9. The van der Waals surface area contributed by atoms with Crippen LogP contribution in [0.2, 0.25) is 0 Å². The normalized spacial score (nSPS) is 15.0. The summed E-state index contributed by atoms with van der Waals surface area (Å²) >= 11 is 0. The molecule has 6 nitrogen and oxygen atoms in total. The third kappa shape index (κ3) is 3.56. The van der Waals surface area contributed by atoms with Crippen LogP contribution in [-0.2, 0) is 0 Å². The van der Waals surface area contributed by atoms with Gasteiger partial charge in [0, 0.05) is 18.3 Å². The lowest BCUT2D eigenvalue weighted by Gasteiger charge is -2.20. The molecule has 1 N–H and O–H groups in total. The van der Waals surface area contributed by atoms with E-state index >= 15 is 0 Å². The number of pyridine rings is 1.